The number of aliphatic hydroxyl groups is 1. The van der Waals surface area contributed by atoms with Crippen molar-refractivity contribution >= 4 is 5.78 Å². The maximum absolute atomic E-state index is 12.3. The molecular formula is C20H23NO4. The Morgan fingerprint density at radius 3 is 2.44 bits per heavy atom. The first-order valence-corrected chi connectivity index (χ1v) is 8.54. The topological polar surface area (TPSA) is 59.0 Å². The van der Waals surface area contributed by atoms with Crippen molar-refractivity contribution in [3.63, 3.8) is 0 Å². The van der Waals surface area contributed by atoms with Gasteiger partial charge in [-0.1, -0.05) is 42.5 Å². The molecule has 5 heteroatoms. The highest BCUT2D eigenvalue weighted by atomic mass is 16.5. The van der Waals surface area contributed by atoms with Gasteiger partial charge in [0.1, 0.15) is 18.5 Å². The molecule has 1 fully saturated rings. The number of hydrogen-bond donors (Lipinski definition) is 1. The summed E-state index contributed by atoms with van der Waals surface area (Å²) in [5, 5.41) is 10.3. The maximum Gasteiger partial charge on any atom is 0.195 e. The van der Waals surface area contributed by atoms with E-state index in [1.807, 2.05) is 6.07 Å². The van der Waals surface area contributed by atoms with Crippen molar-refractivity contribution in [3.8, 4) is 5.75 Å². The second-order valence-electron chi connectivity index (χ2n) is 6.00. The van der Waals surface area contributed by atoms with E-state index in [1.165, 1.54) is 0 Å². The standard InChI is InChI=1S/C20H23NO4/c22-19(16-4-2-1-3-5-16)20(23)17-6-8-18(9-7-17)25-15-12-21-10-13-24-14-11-21/h1-9,20,23H,10-15H2. The molecule has 0 radical (unpaired) electrons. The lowest BCUT2D eigenvalue weighted by Crippen LogP contribution is -2.38. The average Bonchev–Trinajstić information content (AvgIpc) is 2.69. The molecule has 0 amide bonds. The molecule has 1 aliphatic heterocycles. The molecule has 0 bridgehead atoms. The van der Waals surface area contributed by atoms with Crippen molar-refractivity contribution in [3.05, 3.63) is 65.7 Å². The number of rotatable bonds is 7. The highest BCUT2D eigenvalue weighted by Gasteiger charge is 2.19. The molecule has 2 aromatic rings. The van der Waals surface area contributed by atoms with E-state index in [1.54, 1.807) is 48.5 Å². The first-order valence-electron chi connectivity index (χ1n) is 8.54. The first-order chi connectivity index (χ1) is 12.2. The van der Waals surface area contributed by atoms with Gasteiger partial charge in [-0.3, -0.25) is 9.69 Å². The van der Waals surface area contributed by atoms with Gasteiger partial charge in [-0.15, -0.1) is 0 Å². The number of Topliss-reactive ketones (excluding diaryl/α,β-unsaturated/α-hetero) is 1. The Morgan fingerprint density at radius 2 is 1.76 bits per heavy atom. The fourth-order valence-electron chi connectivity index (χ4n) is 2.78. The monoisotopic (exact) mass is 341 g/mol. The van der Waals surface area contributed by atoms with Crippen LogP contribution in [-0.2, 0) is 4.74 Å². The van der Waals surface area contributed by atoms with Crippen LogP contribution in [0.5, 0.6) is 5.75 Å². The number of nitrogens with zero attached hydrogens (tertiary/aromatic N) is 1. The fraction of sp³-hybridized carbons (Fsp3) is 0.350. The van der Waals surface area contributed by atoms with Crippen LogP contribution in [-0.4, -0.2) is 55.2 Å². The van der Waals surface area contributed by atoms with Crippen LogP contribution in [0.2, 0.25) is 0 Å². The van der Waals surface area contributed by atoms with Gasteiger partial charge in [-0.25, -0.2) is 0 Å². The Bertz CT molecular complexity index is 666. The van der Waals surface area contributed by atoms with E-state index in [9.17, 15) is 9.90 Å². The van der Waals surface area contributed by atoms with Gasteiger partial charge in [0.2, 0.25) is 0 Å². The van der Waals surface area contributed by atoms with Crippen molar-refractivity contribution in [2.45, 2.75) is 6.10 Å². The number of carbonyl (C=O) groups is 1. The van der Waals surface area contributed by atoms with Gasteiger partial charge in [0.15, 0.2) is 5.78 Å². The summed E-state index contributed by atoms with van der Waals surface area (Å²) >= 11 is 0. The Kier molecular flexibility index (Phi) is 6.17. The lowest BCUT2D eigenvalue weighted by Gasteiger charge is -2.26. The third-order valence-electron chi connectivity index (χ3n) is 4.28. The van der Waals surface area contributed by atoms with Crippen LogP contribution in [0.3, 0.4) is 0 Å². The van der Waals surface area contributed by atoms with E-state index in [0.717, 1.165) is 38.6 Å². The fourth-order valence-corrected chi connectivity index (χ4v) is 2.78. The molecule has 1 atom stereocenters. The molecule has 0 spiro atoms. The molecule has 0 aromatic heterocycles. The average molecular weight is 341 g/mol. The molecular weight excluding hydrogens is 318 g/mol. The highest BCUT2D eigenvalue weighted by Crippen LogP contribution is 2.21. The Labute approximate surface area is 147 Å². The highest BCUT2D eigenvalue weighted by molar-refractivity contribution is 5.99. The van der Waals surface area contributed by atoms with Crippen molar-refractivity contribution in [2.24, 2.45) is 0 Å². The molecule has 1 N–H and O–H groups in total. The minimum atomic E-state index is -1.16. The van der Waals surface area contributed by atoms with Crippen LogP contribution in [0.25, 0.3) is 0 Å². The predicted molar refractivity (Wildman–Crippen MR) is 94.9 cm³/mol. The zero-order valence-electron chi connectivity index (χ0n) is 14.1. The SMILES string of the molecule is O=C(c1ccccc1)C(O)c1ccc(OCCN2CCOCC2)cc1. The summed E-state index contributed by atoms with van der Waals surface area (Å²) in [5.74, 6) is 0.429. The Balaban J connectivity index is 1.52. The first kappa shape index (κ1) is 17.6. The van der Waals surface area contributed by atoms with E-state index >= 15 is 0 Å². The number of morpholine rings is 1. The molecule has 3 rings (SSSR count). The molecule has 1 unspecified atom stereocenters. The summed E-state index contributed by atoms with van der Waals surface area (Å²) < 4.78 is 11.1. The van der Waals surface area contributed by atoms with E-state index < -0.39 is 6.10 Å². The lowest BCUT2D eigenvalue weighted by molar-refractivity contribution is 0.0322. The molecule has 5 nitrogen and oxygen atoms in total. The van der Waals surface area contributed by atoms with E-state index in [0.29, 0.717) is 17.7 Å². The number of ether oxygens (including phenoxy) is 2. The molecule has 25 heavy (non-hydrogen) atoms. The number of benzene rings is 2. The van der Waals surface area contributed by atoms with Crippen molar-refractivity contribution in [2.75, 3.05) is 39.5 Å². The molecule has 0 aliphatic carbocycles. The van der Waals surface area contributed by atoms with Gasteiger partial charge in [0, 0.05) is 25.2 Å². The second kappa shape index (κ2) is 8.76. The van der Waals surface area contributed by atoms with Gasteiger partial charge in [-0.2, -0.15) is 0 Å². The van der Waals surface area contributed by atoms with Gasteiger partial charge in [0.25, 0.3) is 0 Å². The van der Waals surface area contributed by atoms with Gasteiger partial charge >= 0.3 is 0 Å². The molecule has 0 saturated carbocycles. The number of hydrogen-bond acceptors (Lipinski definition) is 5. The van der Waals surface area contributed by atoms with Crippen LogP contribution in [0, 0.1) is 0 Å². The van der Waals surface area contributed by atoms with Crippen LogP contribution < -0.4 is 4.74 Å². The lowest BCUT2D eigenvalue weighted by atomic mass is 10.00. The quantitative estimate of drug-likeness (QED) is 0.783. The predicted octanol–water partition coefficient (Wildman–Crippen LogP) is 2.31. The maximum atomic E-state index is 12.3. The van der Waals surface area contributed by atoms with Gasteiger partial charge in [-0.05, 0) is 17.7 Å². The minimum Gasteiger partial charge on any atom is -0.492 e. The molecule has 2 aromatic carbocycles. The third kappa shape index (κ3) is 4.89. The molecule has 1 aliphatic rings. The minimum absolute atomic E-state index is 0.304. The summed E-state index contributed by atoms with van der Waals surface area (Å²) in [7, 11) is 0. The van der Waals surface area contributed by atoms with Crippen molar-refractivity contribution in [1.29, 1.82) is 0 Å². The Hall–Kier alpha value is -2.21. The zero-order chi connectivity index (χ0) is 17.5. The van der Waals surface area contributed by atoms with Crippen molar-refractivity contribution < 1.29 is 19.4 Å². The van der Waals surface area contributed by atoms with Crippen LogP contribution in [0.4, 0.5) is 0 Å². The second-order valence-corrected chi connectivity index (χ2v) is 6.00. The summed E-state index contributed by atoms with van der Waals surface area (Å²) in [5.41, 5.74) is 1.07. The van der Waals surface area contributed by atoms with Crippen LogP contribution in [0.15, 0.2) is 54.6 Å². The van der Waals surface area contributed by atoms with E-state index in [-0.39, 0.29) is 5.78 Å². The van der Waals surface area contributed by atoms with E-state index in [4.69, 9.17) is 9.47 Å². The van der Waals surface area contributed by atoms with Gasteiger partial charge in [0.05, 0.1) is 13.2 Å². The zero-order valence-corrected chi connectivity index (χ0v) is 14.1. The normalized spacial score (nSPS) is 16.4. The smallest absolute Gasteiger partial charge is 0.195 e. The van der Waals surface area contributed by atoms with Crippen LogP contribution >= 0.6 is 0 Å². The molecule has 132 valence electrons. The summed E-state index contributed by atoms with van der Waals surface area (Å²) in [4.78, 5) is 14.6. The number of aliphatic hydroxyl groups excluding tert-OH is 1. The number of ketones is 1. The summed E-state index contributed by atoms with van der Waals surface area (Å²) in [6.45, 7) is 4.90. The number of carbonyl (C=O) groups excluding carboxylic acids is 1. The Morgan fingerprint density at radius 1 is 1.08 bits per heavy atom. The van der Waals surface area contributed by atoms with E-state index in [2.05, 4.69) is 4.90 Å². The summed E-state index contributed by atoms with van der Waals surface area (Å²) in [6.07, 6.45) is -1.16. The molecule has 1 heterocycles. The van der Waals surface area contributed by atoms with Crippen molar-refractivity contribution in [1.82, 2.24) is 4.90 Å². The van der Waals surface area contributed by atoms with Crippen LogP contribution in [0.1, 0.15) is 22.0 Å². The third-order valence-corrected chi connectivity index (χ3v) is 4.28. The van der Waals surface area contributed by atoms with Gasteiger partial charge < -0.3 is 14.6 Å². The largest absolute Gasteiger partial charge is 0.492 e. The summed E-state index contributed by atoms with van der Waals surface area (Å²) in [6, 6.07) is 15.9. The molecule has 1 saturated heterocycles.